The minimum Gasteiger partial charge on any atom is -0.481 e. The van der Waals surface area contributed by atoms with Crippen LogP contribution in [0.5, 0.6) is 5.75 Å². The molecule has 0 spiro atoms. The summed E-state index contributed by atoms with van der Waals surface area (Å²) in [5.41, 5.74) is 0.330. The number of ketones is 1. The lowest BCUT2D eigenvalue weighted by molar-refractivity contribution is -0.384. The van der Waals surface area contributed by atoms with Gasteiger partial charge in [-0.2, -0.15) is 0 Å². The highest BCUT2D eigenvalue weighted by Gasteiger charge is 2.22. The average molecular weight is 390 g/mol. The molecule has 0 aliphatic carbocycles. The van der Waals surface area contributed by atoms with Gasteiger partial charge in [0.2, 0.25) is 0 Å². The lowest BCUT2D eigenvalue weighted by Gasteiger charge is -2.16. The number of anilines is 1. The molecule has 0 bridgehead atoms. The molecule has 0 aliphatic heterocycles. The molecule has 0 radical (unpaired) electrons. The molecule has 1 N–H and O–H groups in total. The molecule has 7 nitrogen and oxygen atoms in total. The quantitative estimate of drug-likeness (QED) is 0.370. The Bertz CT molecular complexity index is 1040. The molecule has 3 rings (SSSR count). The normalized spacial score (nSPS) is 11.3. The Morgan fingerprint density at radius 1 is 0.966 bits per heavy atom. The molecule has 1 amide bonds. The first-order valence-corrected chi connectivity index (χ1v) is 8.86. The second-order valence-electron chi connectivity index (χ2n) is 6.24. The third-order valence-electron chi connectivity index (χ3n) is 4.18. The van der Waals surface area contributed by atoms with Gasteiger partial charge in [0.15, 0.2) is 11.9 Å². The summed E-state index contributed by atoms with van der Waals surface area (Å²) in [4.78, 5) is 36.0. The number of nitro benzene ring substituents is 1. The Hall–Kier alpha value is -4.00. The van der Waals surface area contributed by atoms with Crippen molar-refractivity contribution in [1.29, 1.82) is 0 Å². The van der Waals surface area contributed by atoms with Gasteiger partial charge in [-0.05, 0) is 25.1 Å². The minimum atomic E-state index is -0.840. The van der Waals surface area contributed by atoms with Crippen LogP contribution < -0.4 is 10.1 Å². The van der Waals surface area contributed by atoms with Gasteiger partial charge in [0.05, 0.1) is 16.2 Å². The molecule has 0 saturated heterocycles. The van der Waals surface area contributed by atoms with Crippen LogP contribution in [0, 0.1) is 10.1 Å². The van der Waals surface area contributed by atoms with Crippen LogP contribution in [-0.4, -0.2) is 22.7 Å². The van der Waals surface area contributed by atoms with Crippen LogP contribution in [-0.2, 0) is 4.79 Å². The maximum absolute atomic E-state index is 12.9. The lowest BCUT2D eigenvalue weighted by Crippen LogP contribution is -2.30. The highest BCUT2D eigenvalue weighted by molar-refractivity contribution is 6.14. The number of rotatable bonds is 7. The number of benzene rings is 3. The van der Waals surface area contributed by atoms with Gasteiger partial charge in [-0.15, -0.1) is 0 Å². The van der Waals surface area contributed by atoms with Gasteiger partial charge in [0, 0.05) is 17.7 Å². The van der Waals surface area contributed by atoms with E-state index in [0.717, 1.165) is 6.07 Å². The van der Waals surface area contributed by atoms with Crippen molar-refractivity contribution in [2.75, 3.05) is 5.32 Å². The number of nitro groups is 1. The van der Waals surface area contributed by atoms with E-state index >= 15 is 0 Å². The van der Waals surface area contributed by atoms with E-state index in [1.54, 1.807) is 61.5 Å². The molecule has 0 unspecified atom stereocenters. The highest BCUT2D eigenvalue weighted by Crippen LogP contribution is 2.25. The summed E-state index contributed by atoms with van der Waals surface area (Å²) in [5, 5.41) is 13.8. The molecule has 146 valence electrons. The molecule has 0 aromatic heterocycles. The number of para-hydroxylation sites is 1. The summed E-state index contributed by atoms with van der Waals surface area (Å²) < 4.78 is 5.59. The van der Waals surface area contributed by atoms with Crippen molar-refractivity contribution < 1.29 is 19.2 Å². The van der Waals surface area contributed by atoms with Crippen molar-refractivity contribution in [3.05, 3.63) is 100 Å². The van der Waals surface area contributed by atoms with Crippen molar-refractivity contribution >= 4 is 23.1 Å². The minimum absolute atomic E-state index is 0.0330. The second-order valence-corrected chi connectivity index (χ2v) is 6.24. The Labute approximate surface area is 167 Å². The third-order valence-corrected chi connectivity index (χ3v) is 4.18. The molecule has 3 aromatic rings. The van der Waals surface area contributed by atoms with Gasteiger partial charge < -0.3 is 10.1 Å². The third kappa shape index (κ3) is 4.84. The zero-order chi connectivity index (χ0) is 20.8. The SMILES string of the molecule is C[C@H](Oc1ccccc1)C(=O)Nc1ccc([N+](=O)[O-])cc1C(=O)c1ccccc1. The molecule has 1 atom stereocenters. The highest BCUT2D eigenvalue weighted by atomic mass is 16.6. The van der Waals surface area contributed by atoms with Gasteiger partial charge in [0.1, 0.15) is 5.75 Å². The number of amides is 1. The van der Waals surface area contributed by atoms with Gasteiger partial charge in [-0.25, -0.2) is 0 Å². The fourth-order valence-corrected chi connectivity index (χ4v) is 2.68. The topological polar surface area (TPSA) is 98.5 Å². The smallest absolute Gasteiger partial charge is 0.270 e. The summed E-state index contributed by atoms with van der Waals surface area (Å²) >= 11 is 0. The van der Waals surface area contributed by atoms with E-state index in [-0.39, 0.29) is 16.9 Å². The van der Waals surface area contributed by atoms with Crippen molar-refractivity contribution in [3.63, 3.8) is 0 Å². The predicted molar refractivity (Wildman–Crippen MR) is 108 cm³/mol. The first-order valence-electron chi connectivity index (χ1n) is 8.86. The summed E-state index contributed by atoms with van der Waals surface area (Å²) in [6.45, 7) is 1.58. The number of carbonyl (C=O) groups is 2. The summed E-state index contributed by atoms with van der Waals surface area (Å²) in [6, 6.07) is 20.9. The number of non-ortho nitro benzene ring substituents is 1. The van der Waals surface area contributed by atoms with E-state index < -0.39 is 22.7 Å². The predicted octanol–water partition coefficient (Wildman–Crippen LogP) is 4.23. The second kappa shape index (κ2) is 8.79. The fourth-order valence-electron chi connectivity index (χ4n) is 2.68. The Balaban J connectivity index is 1.87. The van der Waals surface area contributed by atoms with E-state index in [1.165, 1.54) is 12.1 Å². The van der Waals surface area contributed by atoms with Crippen LogP contribution in [0.2, 0.25) is 0 Å². The maximum Gasteiger partial charge on any atom is 0.270 e. The van der Waals surface area contributed by atoms with Crippen LogP contribution >= 0.6 is 0 Å². The molecule has 0 fully saturated rings. The van der Waals surface area contributed by atoms with Gasteiger partial charge >= 0.3 is 0 Å². The number of nitrogens with one attached hydrogen (secondary N) is 1. The number of hydrogen-bond acceptors (Lipinski definition) is 5. The molecule has 0 heterocycles. The van der Waals surface area contributed by atoms with Crippen molar-refractivity contribution in [2.24, 2.45) is 0 Å². The summed E-state index contributed by atoms with van der Waals surface area (Å²) in [6.07, 6.45) is -0.840. The number of carbonyl (C=O) groups excluding carboxylic acids is 2. The Morgan fingerprint density at radius 3 is 2.21 bits per heavy atom. The van der Waals surface area contributed by atoms with Gasteiger partial charge in [0.25, 0.3) is 11.6 Å². The zero-order valence-corrected chi connectivity index (χ0v) is 15.6. The first kappa shape index (κ1) is 19.8. The molecule has 0 saturated carbocycles. The van der Waals surface area contributed by atoms with Crippen molar-refractivity contribution in [2.45, 2.75) is 13.0 Å². The fraction of sp³-hybridized carbons (Fsp3) is 0.0909. The van der Waals surface area contributed by atoms with Crippen molar-refractivity contribution in [3.8, 4) is 5.75 Å². The molecular weight excluding hydrogens is 372 g/mol. The molecular formula is C22H18N2O5. The molecule has 0 aliphatic rings. The van der Waals surface area contributed by atoms with Crippen LogP contribution in [0.3, 0.4) is 0 Å². The lowest BCUT2D eigenvalue weighted by atomic mass is 10.0. The summed E-state index contributed by atoms with van der Waals surface area (Å²) in [7, 11) is 0. The summed E-state index contributed by atoms with van der Waals surface area (Å²) in [5.74, 6) is -0.384. The molecule has 7 heteroatoms. The van der Waals surface area contributed by atoms with E-state index in [1.807, 2.05) is 6.07 Å². The van der Waals surface area contributed by atoms with Gasteiger partial charge in [-0.1, -0.05) is 48.5 Å². The number of nitrogens with zero attached hydrogens (tertiary/aromatic N) is 1. The first-order chi connectivity index (χ1) is 14.0. The largest absolute Gasteiger partial charge is 0.481 e. The Kier molecular flexibility index (Phi) is 5.99. The van der Waals surface area contributed by atoms with E-state index in [0.29, 0.717) is 11.3 Å². The van der Waals surface area contributed by atoms with Crippen molar-refractivity contribution in [1.82, 2.24) is 0 Å². The van der Waals surface area contributed by atoms with E-state index in [2.05, 4.69) is 5.32 Å². The van der Waals surface area contributed by atoms with Gasteiger partial charge in [-0.3, -0.25) is 19.7 Å². The monoisotopic (exact) mass is 390 g/mol. The zero-order valence-electron chi connectivity index (χ0n) is 15.6. The average Bonchev–Trinajstić information content (AvgIpc) is 2.74. The maximum atomic E-state index is 12.9. The number of ether oxygens (including phenoxy) is 1. The van der Waals surface area contributed by atoms with Crippen LogP contribution in [0.25, 0.3) is 0 Å². The molecule has 29 heavy (non-hydrogen) atoms. The van der Waals surface area contributed by atoms with E-state index in [4.69, 9.17) is 4.74 Å². The Morgan fingerprint density at radius 2 is 1.59 bits per heavy atom. The van der Waals surface area contributed by atoms with Crippen LogP contribution in [0.4, 0.5) is 11.4 Å². The van der Waals surface area contributed by atoms with Crippen LogP contribution in [0.1, 0.15) is 22.8 Å². The molecule has 3 aromatic carbocycles. The standard InChI is InChI=1S/C22H18N2O5/c1-15(29-18-10-6-3-7-11-18)22(26)23-20-13-12-17(24(27)28)14-19(20)21(25)16-8-4-2-5-9-16/h2-15H,1H3,(H,23,26)/t15-/m0/s1. The number of hydrogen-bond donors (Lipinski definition) is 1. The van der Waals surface area contributed by atoms with Crippen LogP contribution in [0.15, 0.2) is 78.9 Å². The van der Waals surface area contributed by atoms with E-state index in [9.17, 15) is 19.7 Å².